The first kappa shape index (κ1) is 14.6. The van der Waals surface area contributed by atoms with Gasteiger partial charge in [0.2, 0.25) is 0 Å². The van der Waals surface area contributed by atoms with E-state index in [1.807, 2.05) is 18.2 Å². The molecular weight excluding hydrogens is 326 g/mol. The lowest BCUT2D eigenvalue weighted by Crippen LogP contribution is -2.13. The molecule has 0 saturated carbocycles. The molecule has 0 saturated heterocycles. The fourth-order valence-electron chi connectivity index (χ4n) is 3.02. The van der Waals surface area contributed by atoms with Crippen molar-refractivity contribution >= 4 is 15.9 Å². The van der Waals surface area contributed by atoms with Gasteiger partial charge in [0.1, 0.15) is 5.75 Å². The standard InChI is InChI=1S/C18H20BrNO/c1-21-17-9-8-15(11-16(17)19)18(20)14-7-6-12-4-2-3-5-13(12)10-14/h6-11,18H,2-5,20H2,1H3. The number of ether oxygens (including phenoxy) is 1. The fraction of sp³-hybridized carbons (Fsp3) is 0.333. The lowest BCUT2D eigenvalue weighted by Gasteiger charge is -2.20. The number of nitrogens with two attached hydrogens (primary N) is 1. The van der Waals surface area contributed by atoms with Crippen LogP contribution in [0.5, 0.6) is 5.75 Å². The quantitative estimate of drug-likeness (QED) is 0.895. The molecule has 0 amide bonds. The molecule has 2 aromatic rings. The van der Waals surface area contributed by atoms with Gasteiger partial charge in [-0.3, -0.25) is 0 Å². The summed E-state index contributed by atoms with van der Waals surface area (Å²) in [7, 11) is 1.67. The first-order chi connectivity index (χ1) is 10.2. The summed E-state index contributed by atoms with van der Waals surface area (Å²) < 4.78 is 6.21. The van der Waals surface area contributed by atoms with Gasteiger partial charge in [0.25, 0.3) is 0 Å². The van der Waals surface area contributed by atoms with Crippen LogP contribution in [-0.4, -0.2) is 7.11 Å². The minimum absolute atomic E-state index is 0.0977. The molecule has 0 fully saturated rings. The highest BCUT2D eigenvalue weighted by atomic mass is 79.9. The van der Waals surface area contributed by atoms with Gasteiger partial charge >= 0.3 is 0 Å². The fourth-order valence-corrected chi connectivity index (χ4v) is 3.57. The summed E-state index contributed by atoms with van der Waals surface area (Å²) in [6.45, 7) is 0. The molecule has 3 rings (SSSR count). The van der Waals surface area contributed by atoms with Crippen LogP contribution in [0.3, 0.4) is 0 Å². The second-order valence-corrected chi connectivity index (χ2v) is 6.46. The van der Waals surface area contributed by atoms with Crippen molar-refractivity contribution in [2.75, 3.05) is 7.11 Å². The molecule has 0 aliphatic heterocycles. The van der Waals surface area contributed by atoms with Gasteiger partial charge in [-0.15, -0.1) is 0 Å². The van der Waals surface area contributed by atoms with E-state index in [0.29, 0.717) is 0 Å². The number of fused-ring (bicyclic) bond motifs is 1. The van der Waals surface area contributed by atoms with Crippen molar-refractivity contribution in [1.82, 2.24) is 0 Å². The molecule has 21 heavy (non-hydrogen) atoms. The SMILES string of the molecule is COc1ccc(C(N)c2ccc3c(c2)CCCC3)cc1Br. The summed E-state index contributed by atoms with van der Waals surface area (Å²) in [5.74, 6) is 0.830. The molecule has 0 radical (unpaired) electrons. The smallest absolute Gasteiger partial charge is 0.133 e. The van der Waals surface area contributed by atoms with Crippen molar-refractivity contribution in [3.05, 3.63) is 63.1 Å². The van der Waals surface area contributed by atoms with E-state index in [-0.39, 0.29) is 6.04 Å². The second kappa shape index (κ2) is 6.20. The Morgan fingerprint density at radius 2 is 1.67 bits per heavy atom. The highest BCUT2D eigenvalue weighted by molar-refractivity contribution is 9.10. The summed E-state index contributed by atoms with van der Waals surface area (Å²) in [6.07, 6.45) is 4.99. The van der Waals surface area contributed by atoms with Crippen molar-refractivity contribution < 1.29 is 4.74 Å². The van der Waals surface area contributed by atoms with E-state index in [2.05, 4.69) is 34.1 Å². The maximum Gasteiger partial charge on any atom is 0.133 e. The van der Waals surface area contributed by atoms with Gasteiger partial charge in [-0.05, 0) is 76.0 Å². The van der Waals surface area contributed by atoms with Crippen LogP contribution in [0.15, 0.2) is 40.9 Å². The third-order valence-electron chi connectivity index (χ3n) is 4.27. The third kappa shape index (κ3) is 2.99. The number of benzene rings is 2. The van der Waals surface area contributed by atoms with Gasteiger partial charge in [0.05, 0.1) is 17.6 Å². The van der Waals surface area contributed by atoms with E-state index in [0.717, 1.165) is 15.8 Å². The van der Waals surface area contributed by atoms with Crippen LogP contribution in [-0.2, 0) is 12.8 Å². The molecule has 3 heteroatoms. The molecule has 1 aliphatic carbocycles. The zero-order valence-corrected chi connectivity index (χ0v) is 13.8. The summed E-state index contributed by atoms with van der Waals surface area (Å²) in [5, 5.41) is 0. The minimum atomic E-state index is -0.0977. The minimum Gasteiger partial charge on any atom is -0.496 e. The Kier molecular flexibility index (Phi) is 4.32. The van der Waals surface area contributed by atoms with E-state index in [1.165, 1.54) is 42.4 Å². The first-order valence-corrected chi connectivity index (χ1v) is 8.19. The molecule has 0 heterocycles. The number of hydrogen-bond donors (Lipinski definition) is 1. The van der Waals surface area contributed by atoms with E-state index in [4.69, 9.17) is 10.5 Å². The number of aryl methyl sites for hydroxylation is 2. The van der Waals surface area contributed by atoms with Gasteiger partial charge in [-0.1, -0.05) is 24.3 Å². The van der Waals surface area contributed by atoms with Crippen molar-refractivity contribution in [2.24, 2.45) is 5.73 Å². The Morgan fingerprint density at radius 3 is 2.38 bits per heavy atom. The summed E-state index contributed by atoms with van der Waals surface area (Å²) in [4.78, 5) is 0. The van der Waals surface area contributed by atoms with Crippen LogP contribution in [0.4, 0.5) is 0 Å². The maximum atomic E-state index is 6.45. The topological polar surface area (TPSA) is 35.2 Å². The normalized spacial score (nSPS) is 15.4. The molecule has 1 unspecified atom stereocenters. The molecule has 2 N–H and O–H groups in total. The summed E-state index contributed by atoms with van der Waals surface area (Å²) in [5.41, 5.74) is 11.7. The van der Waals surface area contributed by atoms with Gasteiger partial charge in [0.15, 0.2) is 0 Å². The van der Waals surface area contributed by atoms with Crippen LogP contribution >= 0.6 is 15.9 Å². The van der Waals surface area contributed by atoms with Crippen LogP contribution < -0.4 is 10.5 Å². The molecule has 0 aromatic heterocycles. The molecule has 0 spiro atoms. The van der Waals surface area contributed by atoms with E-state index in [9.17, 15) is 0 Å². The molecule has 2 aromatic carbocycles. The Bertz CT molecular complexity index is 654. The highest BCUT2D eigenvalue weighted by Gasteiger charge is 2.15. The Morgan fingerprint density at radius 1 is 1.00 bits per heavy atom. The van der Waals surface area contributed by atoms with E-state index >= 15 is 0 Å². The lowest BCUT2D eigenvalue weighted by atomic mass is 9.88. The predicted octanol–water partition coefficient (Wildman–Crippen LogP) is 4.38. The molecule has 1 atom stereocenters. The number of rotatable bonds is 3. The van der Waals surface area contributed by atoms with Gasteiger partial charge in [0, 0.05) is 0 Å². The van der Waals surface area contributed by atoms with Crippen LogP contribution in [0.25, 0.3) is 0 Å². The van der Waals surface area contributed by atoms with Crippen molar-refractivity contribution in [2.45, 2.75) is 31.7 Å². The number of methoxy groups -OCH3 is 1. The van der Waals surface area contributed by atoms with Crippen molar-refractivity contribution in [3.63, 3.8) is 0 Å². The predicted molar refractivity (Wildman–Crippen MR) is 89.8 cm³/mol. The lowest BCUT2D eigenvalue weighted by molar-refractivity contribution is 0.412. The molecule has 2 nitrogen and oxygen atoms in total. The highest BCUT2D eigenvalue weighted by Crippen LogP contribution is 2.31. The Balaban J connectivity index is 1.91. The van der Waals surface area contributed by atoms with Crippen LogP contribution in [0, 0.1) is 0 Å². The molecule has 110 valence electrons. The van der Waals surface area contributed by atoms with Gasteiger partial charge in [-0.25, -0.2) is 0 Å². The van der Waals surface area contributed by atoms with Crippen LogP contribution in [0.1, 0.15) is 41.1 Å². The average molecular weight is 346 g/mol. The number of halogens is 1. The number of hydrogen-bond acceptors (Lipinski definition) is 2. The van der Waals surface area contributed by atoms with Crippen molar-refractivity contribution in [1.29, 1.82) is 0 Å². The third-order valence-corrected chi connectivity index (χ3v) is 4.89. The monoisotopic (exact) mass is 345 g/mol. The first-order valence-electron chi connectivity index (χ1n) is 7.40. The summed E-state index contributed by atoms with van der Waals surface area (Å²) >= 11 is 3.53. The average Bonchev–Trinajstić information content (AvgIpc) is 2.53. The van der Waals surface area contributed by atoms with Crippen LogP contribution in [0.2, 0.25) is 0 Å². The zero-order valence-electron chi connectivity index (χ0n) is 12.2. The Labute approximate surface area is 134 Å². The zero-order chi connectivity index (χ0) is 14.8. The Hall–Kier alpha value is -1.32. The maximum absolute atomic E-state index is 6.45. The molecule has 1 aliphatic rings. The largest absolute Gasteiger partial charge is 0.496 e. The van der Waals surface area contributed by atoms with E-state index in [1.54, 1.807) is 7.11 Å². The van der Waals surface area contributed by atoms with Crippen molar-refractivity contribution in [3.8, 4) is 5.75 Å². The molecular formula is C18H20BrNO. The molecule has 0 bridgehead atoms. The van der Waals surface area contributed by atoms with Gasteiger partial charge < -0.3 is 10.5 Å². The second-order valence-electron chi connectivity index (χ2n) is 5.61. The van der Waals surface area contributed by atoms with Gasteiger partial charge in [-0.2, -0.15) is 0 Å². The van der Waals surface area contributed by atoms with E-state index < -0.39 is 0 Å². The summed E-state index contributed by atoms with van der Waals surface area (Å²) in [6, 6.07) is 12.7.